The van der Waals surface area contributed by atoms with E-state index in [1.807, 2.05) is 0 Å². The molecule has 0 heterocycles. The molecule has 0 fully saturated rings. The summed E-state index contributed by atoms with van der Waals surface area (Å²) in [7, 11) is -1.93. The van der Waals surface area contributed by atoms with E-state index in [-0.39, 0.29) is 12.3 Å². The maximum absolute atomic E-state index is 11.2. The molecule has 0 bridgehead atoms. The zero-order valence-corrected chi connectivity index (χ0v) is 10.8. The van der Waals surface area contributed by atoms with Gasteiger partial charge in [0.15, 0.2) is 0 Å². The highest BCUT2D eigenvalue weighted by molar-refractivity contribution is 7.89. The largest absolute Gasteiger partial charge is 0.397 e. The summed E-state index contributed by atoms with van der Waals surface area (Å²) in [6.07, 6.45) is 0. The van der Waals surface area contributed by atoms with Crippen molar-refractivity contribution in [3.8, 4) is 0 Å². The Morgan fingerprint density at radius 1 is 1.39 bits per heavy atom. The van der Waals surface area contributed by atoms with E-state index in [9.17, 15) is 13.2 Å². The standard InChI is InChI=1S/C10H16N4O3S/c1-13-18(16,17)5-4-14-9-6-7(10(12)15)2-3-8(9)11/h2-3,6,13-14H,4-5,11H2,1H3,(H2,12,15). The molecule has 0 aliphatic carbocycles. The number of rotatable bonds is 6. The third kappa shape index (κ3) is 3.90. The third-order valence-electron chi connectivity index (χ3n) is 2.34. The number of hydrogen-bond donors (Lipinski definition) is 4. The van der Waals surface area contributed by atoms with Gasteiger partial charge < -0.3 is 16.8 Å². The average molecular weight is 272 g/mol. The van der Waals surface area contributed by atoms with Crippen molar-refractivity contribution in [2.45, 2.75) is 0 Å². The first kappa shape index (κ1) is 14.3. The highest BCUT2D eigenvalue weighted by atomic mass is 32.2. The third-order valence-corrected chi connectivity index (χ3v) is 3.70. The van der Waals surface area contributed by atoms with Gasteiger partial charge in [0.1, 0.15) is 0 Å². The second-order valence-corrected chi connectivity index (χ2v) is 5.66. The molecule has 18 heavy (non-hydrogen) atoms. The van der Waals surface area contributed by atoms with Gasteiger partial charge in [0, 0.05) is 12.1 Å². The quantitative estimate of drug-likeness (QED) is 0.511. The van der Waals surface area contributed by atoms with Gasteiger partial charge in [-0.25, -0.2) is 13.1 Å². The van der Waals surface area contributed by atoms with Crippen molar-refractivity contribution in [1.82, 2.24) is 4.72 Å². The van der Waals surface area contributed by atoms with Crippen molar-refractivity contribution < 1.29 is 13.2 Å². The average Bonchev–Trinajstić information content (AvgIpc) is 2.31. The topological polar surface area (TPSA) is 127 Å². The number of nitrogen functional groups attached to an aromatic ring is 1. The number of anilines is 2. The molecule has 1 amide bonds. The highest BCUT2D eigenvalue weighted by Crippen LogP contribution is 2.19. The Balaban J connectivity index is 2.73. The Hall–Kier alpha value is -1.80. The van der Waals surface area contributed by atoms with Crippen LogP contribution in [0.25, 0.3) is 0 Å². The maximum atomic E-state index is 11.2. The fourth-order valence-corrected chi connectivity index (χ4v) is 1.86. The van der Waals surface area contributed by atoms with Crippen molar-refractivity contribution in [3.63, 3.8) is 0 Å². The summed E-state index contributed by atoms with van der Waals surface area (Å²) < 4.78 is 24.6. The Kier molecular flexibility index (Phi) is 4.51. The van der Waals surface area contributed by atoms with Crippen molar-refractivity contribution in [2.75, 3.05) is 30.4 Å². The van der Waals surface area contributed by atoms with Crippen LogP contribution in [0, 0.1) is 0 Å². The molecule has 7 nitrogen and oxygen atoms in total. The Bertz CT molecular complexity index is 542. The van der Waals surface area contributed by atoms with E-state index in [2.05, 4.69) is 10.0 Å². The first-order chi connectivity index (χ1) is 8.35. The van der Waals surface area contributed by atoms with E-state index in [1.165, 1.54) is 25.2 Å². The van der Waals surface area contributed by atoms with Crippen molar-refractivity contribution >= 4 is 27.3 Å². The van der Waals surface area contributed by atoms with Gasteiger partial charge in [-0.1, -0.05) is 0 Å². The van der Waals surface area contributed by atoms with Crippen molar-refractivity contribution in [2.24, 2.45) is 5.73 Å². The Morgan fingerprint density at radius 2 is 2.06 bits per heavy atom. The van der Waals surface area contributed by atoms with Gasteiger partial charge >= 0.3 is 0 Å². The molecular weight excluding hydrogens is 256 g/mol. The molecule has 100 valence electrons. The number of carbonyl (C=O) groups is 1. The number of hydrogen-bond acceptors (Lipinski definition) is 5. The molecular formula is C10H16N4O3S. The van der Waals surface area contributed by atoms with Gasteiger partial charge in [0.25, 0.3) is 0 Å². The highest BCUT2D eigenvalue weighted by Gasteiger charge is 2.08. The predicted molar refractivity (Wildman–Crippen MR) is 70.7 cm³/mol. The van der Waals surface area contributed by atoms with Crippen LogP contribution in [-0.4, -0.2) is 33.7 Å². The second-order valence-electron chi connectivity index (χ2n) is 3.62. The van der Waals surface area contributed by atoms with Crippen LogP contribution in [0.5, 0.6) is 0 Å². The molecule has 1 aromatic rings. The maximum Gasteiger partial charge on any atom is 0.248 e. The van der Waals surface area contributed by atoms with E-state index < -0.39 is 15.9 Å². The predicted octanol–water partition coefficient (Wildman–Crippen LogP) is -0.671. The van der Waals surface area contributed by atoms with Gasteiger partial charge in [-0.05, 0) is 25.2 Å². The van der Waals surface area contributed by atoms with Crippen LogP contribution in [0.4, 0.5) is 11.4 Å². The normalized spacial score (nSPS) is 11.2. The fraction of sp³-hybridized carbons (Fsp3) is 0.300. The van der Waals surface area contributed by atoms with Crippen LogP contribution in [0.3, 0.4) is 0 Å². The first-order valence-corrected chi connectivity index (χ1v) is 6.85. The monoisotopic (exact) mass is 272 g/mol. The van der Waals surface area contributed by atoms with Gasteiger partial charge in [0.05, 0.1) is 17.1 Å². The van der Waals surface area contributed by atoms with Crippen LogP contribution in [0.15, 0.2) is 18.2 Å². The summed E-state index contributed by atoms with van der Waals surface area (Å²) >= 11 is 0. The summed E-state index contributed by atoms with van der Waals surface area (Å²) in [5.41, 5.74) is 12.0. The SMILES string of the molecule is CNS(=O)(=O)CCNc1cc(C(N)=O)ccc1N. The molecule has 0 unspecified atom stereocenters. The molecule has 1 rings (SSSR count). The molecule has 0 radical (unpaired) electrons. The minimum atomic E-state index is -3.27. The lowest BCUT2D eigenvalue weighted by Gasteiger charge is -2.10. The van der Waals surface area contributed by atoms with Crippen LogP contribution >= 0.6 is 0 Å². The number of carbonyl (C=O) groups excluding carboxylic acids is 1. The fourth-order valence-electron chi connectivity index (χ4n) is 1.28. The van der Waals surface area contributed by atoms with E-state index in [1.54, 1.807) is 0 Å². The molecule has 1 aromatic carbocycles. The number of nitrogens with one attached hydrogen (secondary N) is 2. The number of benzene rings is 1. The summed E-state index contributed by atoms with van der Waals surface area (Å²) in [6, 6.07) is 4.53. The lowest BCUT2D eigenvalue weighted by Crippen LogP contribution is -2.26. The van der Waals surface area contributed by atoms with Gasteiger partial charge in [-0.3, -0.25) is 4.79 Å². The molecule has 8 heteroatoms. The van der Waals surface area contributed by atoms with Gasteiger partial charge in [-0.2, -0.15) is 0 Å². The van der Waals surface area contributed by atoms with E-state index in [0.29, 0.717) is 16.9 Å². The minimum absolute atomic E-state index is 0.0935. The van der Waals surface area contributed by atoms with Gasteiger partial charge in [-0.15, -0.1) is 0 Å². The second kappa shape index (κ2) is 5.69. The minimum Gasteiger partial charge on any atom is -0.397 e. The molecule has 0 aromatic heterocycles. The van der Waals surface area contributed by atoms with Crippen molar-refractivity contribution in [3.05, 3.63) is 23.8 Å². The van der Waals surface area contributed by atoms with Crippen LogP contribution < -0.4 is 21.5 Å². The number of sulfonamides is 1. The van der Waals surface area contributed by atoms with Crippen LogP contribution in [0.1, 0.15) is 10.4 Å². The smallest absolute Gasteiger partial charge is 0.248 e. The Morgan fingerprint density at radius 3 is 2.61 bits per heavy atom. The summed E-state index contributed by atoms with van der Waals surface area (Å²) in [5.74, 6) is -0.662. The van der Waals surface area contributed by atoms with Crippen LogP contribution in [0.2, 0.25) is 0 Å². The zero-order valence-electron chi connectivity index (χ0n) is 9.93. The molecule has 0 saturated carbocycles. The summed E-state index contributed by atoms with van der Waals surface area (Å²) in [6.45, 7) is 0.176. The molecule has 0 aliphatic heterocycles. The Labute approximate surface area is 106 Å². The van der Waals surface area contributed by atoms with E-state index >= 15 is 0 Å². The summed E-state index contributed by atoms with van der Waals surface area (Å²) in [5, 5.41) is 2.85. The molecule has 6 N–H and O–H groups in total. The zero-order chi connectivity index (χ0) is 13.8. The molecule has 0 atom stereocenters. The van der Waals surface area contributed by atoms with Gasteiger partial charge in [0.2, 0.25) is 15.9 Å². The summed E-state index contributed by atoms with van der Waals surface area (Å²) in [4.78, 5) is 11.0. The molecule has 0 aliphatic rings. The lowest BCUT2D eigenvalue weighted by atomic mass is 10.1. The van der Waals surface area contributed by atoms with Crippen LogP contribution in [-0.2, 0) is 10.0 Å². The molecule has 0 spiro atoms. The molecule has 0 saturated heterocycles. The number of primary amides is 1. The lowest BCUT2D eigenvalue weighted by molar-refractivity contribution is 0.100. The van der Waals surface area contributed by atoms with E-state index in [0.717, 1.165) is 0 Å². The number of nitrogens with two attached hydrogens (primary N) is 2. The first-order valence-electron chi connectivity index (χ1n) is 5.20. The van der Waals surface area contributed by atoms with E-state index in [4.69, 9.17) is 11.5 Å². The van der Waals surface area contributed by atoms with Crippen molar-refractivity contribution in [1.29, 1.82) is 0 Å². The number of amides is 1.